The van der Waals surface area contributed by atoms with E-state index >= 15 is 4.79 Å². The highest BCUT2D eigenvalue weighted by Crippen LogP contribution is 2.56. The molecule has 1 aliphatic carbocycles. The van der Waals surface area contributed by atoms with Gasteiger partial charge >= 0.3 is 11.4 Å². The number of ether oxygens (including phenoxy) is 3. The molecular weight excluding hydrogens is 618 g/mol. The molecule has 3 atom stereocenters. The summed E-state index contributed by atoms with van der Waals surface area (Å²) in [6.07, 6.45) is 0.156. The predicted octanol–water partition coefficient (Wildman–Crippen LogP) is 2.38. The van der Waals surface area contributed by atoms with Crippen molar-refractivity contribution >= 4 is 40.0 Å². The summed E-state index contributed by atoms with van der Waals surface area (Å²) in [6, 6.07) is 6.71. The Bertz CT molecular complexity index is 2310. The number of nitrogens with one attached hydrogen (secondary N) is 1. The third kappa shape index (κ3) is 3.48. The number of halogens is 1. The van der Waals surface area contributed by atoms with E-state index in [1.54, 1.807) is 39.2 Å². The largest absolute Gasteiger partial charge is 0.496 e. The van der Waals surface area contributed by atoms with Gasteiger partial charge in [-0.2, -0.15) is 0 Å². The Morgan fingerprint density at radius 2 is 1.52 bits per heavy atom. The Morgan fingerprint density at radius 3 is 2.20 bits per heavy atom. The van der Waals surface area contributed by atoms with Crippen LogP contribution < -0.4 is 36.5 Å². The molecule has 2 aromatic heterocycles. The minimum Gasteiger partial charge on any atom is -0.496 e. The van der Waals surface area contributed by atoms with Gasteiger partial charge in [-0.15, -0.1) is 0 Å². The van der Waals surface area contributed by atoms with Crippen molar-refractivity contribution in [2.45, 2.75) is 24.9 Å². The number of fused-ring (bicyclic) bond motifs is 3. The van der Waals surface area contributed by atoms with Gasteiger partial charge in [-0.1, -0.05) is 24.6 Å². The van der Waals surface area contributed by atoms with Gasteiger partial charge in [-0.05, 0) is 24.1 Å². The molecule has 0 saturated carbocycles. The van der Waals surface area contributed by atoms with Crippen LogP contribution in [0.1, 0.15) is 40.7 Å². The molecule has 4 aromatic rings. The van der Waals surface area contributed by atoms with Crippen LogP contribution in [0.3, 0.4) is 0 Å². The molecule has 14 heteroatoms. The molecule has 4 heterocycles. The van der Waals surface area contributed by atoms with E-state index in [0.29, 0.717) is 22.3 Å². The average Bonchev–Trinajstić information content (AvgIpc) is 3.48. The van der Waals surface area contributed by atoms with E-state index in [1.165, 1.54) is 48.1 Å². The van der Waals surface area contributed by atoms with Gasteiger partial charge in [0.1, 0.15) is 27.9 Å². The van der Waals surface area contributed by atoms with Crippen LogP contribution in [0.4, 0.5) is 5.82 Å². The molecule has 0 radical (unpaired) electrons. The van der Waals surface area contributed by atoms with E-state index in [0.717, 1.165) is 4.57 Å². The van der Waals surface area contributed by atoms with Gasteiger partial charge in [0.2, 0.25) is 17.2 Å². The number of anilines is 1. The number of methoxy groups -OCH3 is 2. The predicted molar refractivity (Wildman–Crippen MR) is 169 cm³/mol. The first kappa shape index (κ1) is 29.7. The van der Waals surface area contributed by atoms with E-state index in [9.17, 15) is 19.2 Å². The van der Waals surface area contributed by atoms with Crippen molar-refractivity contribution in [2.24, 2.45) is 34.1 Å². The summed E-state index contributed by atoms with van der Waals surface area (Å²) in [7, 11) is 8.99. The first-order valence-electron chi connectivity index (χ1n) is 14.5. The van der Waals surface area contributed by atoms with Crippen molar-refractivity contribution in [3.8, 4) is 17.2 Å². The maximum Gasteiger partial charge on any atom is 0.332 e. The number of aromatic nitrogens is 4. The summed E-state index contributed by atoms with van der Waals surface area (Å²) >= 11 is 6.63. The summed E-state index contributed by atoms with van der Waals surface area (Å²) in [5, 5.41) is 3.22. The fourth-order valence-electron chi connectivity index (χ4n) is 7.23. The average molecular weight is 648 g/mol. The van der Waals surface area contributed by atoms with Gasteiger partial charge in [-0.3, -0.25) is 32.7 Å². The van der Waals surface area contributed by atoms with Crippen LogP contribution in [-0.4, -0.2) is 49.7 Å². The molecule has 0 amide bonds. The number of benzene rings is 2. The fourth-order valence-corrected chi connectivity index (χ4v) is 7.49. The van der Waals surface area contributed by atoms with Crippen LogP contribution in [0.15, 0.2) is 49.9 Å². The second-order valence-corrected chi connectivity index (χ2v) is 12.3. The summed E-state index contributed by atoms with van der Waals surface area (Å²) < 4.78 is 22.5. The molecule has 1 N–H and O–H groups in total. The van der Waals surface area contributed by atoms with Gasteiger partial charge in [0.25, 0.3) is 5.56 Å². The first-order valence-corrected chi connectivity index (χ1v) is 14.9. The lowest BCUT2D eigenvalue weighted by atomic mass is 9.66. The van der Waals surface area contributed by atoms with E-state index in [2.05, 4.69) is 5.32 Å². The zero-order valence-electron chi connectivity index (χ0n) is 26.1. The third-order valence-corrected chi connectivity index (χ3v) is 10.1. The molecule has 238 valence electrons. The lowest BCUT2D eigenvalue weighted by Gasteiger charge is -2.42. The number of imidazole rings is 1. The van der Waals surface area contributed by atoms with E-state index in [-0.39, 0.29) is 56.9 Å². The molecule has 0 fully saturated rings. The molecule has 2 aromatic carbocycles. The second kappa shape index (κ2) is 9.73. The van der Waals surface area contributed by atoms with Crippen molar-refractivity contribution in [3.63, 3.8) is 0 Å². The Kier molecular flexibility index (Phi) is 6.27. The summed E-state index contributed by atoms with van der Waals surface area (Å²) in [5.74, 6) is -2.44. The molecule has 2 aliphatic heterocycles. The normalized spacial score (nSPS) is 21.7. The summed E-state index contributed by atoms with van der Waals surface area (Å²) in [5.41, 5.74) is -0.944. The number of aryl methyl sites for hydroxylation is 2. The minimum atomic E-state index is -2.03. The van der Waals surface area contributed by atoms with Crippen molar-refractivity contribution in [1.29, 1.82) is 0 Å². The zero-order chi connectivity index (χ0) is 33.1. The van der Waals surface area contributed by atoms with E-state index in [4.69, 9.17) is 25.8 Å². The molecule has 7 rings (SSSR count). The number of nitrogens with zero attached hydrogens (tertiary/aromatic N) is 4. The summed E-state index contributed by atoms with van der Waals surface area (Å²) in [4.78, 5) is 69.3. The van der Waals surface area contributed by atoms with Crippen molar-refractivity contribution in [2.75, 3.05) is 19.5 Å². The van der Waals surface area contributed by atoms with Crippen LogP contribution in [0.5, 0.6) is 17.2 Å². The quantitative estimate of drug-likeness (QED) is 0.331. The highest BCUT2D eigenvalue weighted by atomic mass is 35.5. The lowest BCUT2D eigenvalue weighted by molar-refractivity contribution is -0.130. The third-order valence-electron chi connectivity index (χ3n) is 9.71. The SMILES string of the molecule is COc1cc(OC)c2c(c1Cl)O[C@@]1(C(=O)C3=C(C[C@H]1C)Nc1c(c(=O)n(C)c(=O)n1C)C3c1ccc3c(c1)n(C)c(=O)n3C)C2=O. The maximum atomic E-state index is 15.1. The van der Waals surface area contributed by atoms with Gasteiger partial charge < -0.3 is 19.5 Å². The lowest BCUT2D eigenvalue weighted by Crippen LogP contribution is -2.58. The van der Waals surface area contributed by atoms with E-state index in [1.807, 2.05) is 0 Å². The zero-order valence-corrected chi connectivity index (χ0v) is 26.9. The maximum absolute atomic E-state index is 15.1. The van der Waals surface area contributed by atoms with Crippen LogP contribution in [0.2, 0.25) is 5.02 Å². The second-order valence-electron chi connectivity index (χ2n) is 12.0. The molecule has 13 nitrogen and oxygen atoms in total. The van der Waals surface area contributed by atoms with Crippen molar-refractivity contribution in [3.05, 3.63) is 88.6 Å². The number of hydrogen-bond acceptors (Lipinski definition) is 9. The molecule has 0 saturated heterocycles. The number of rotatable bonds is 3. The van der Waals surface area contributed by atoms with Crippen LogP contribution >= 0.6 is 11.6 Å². The topological polar surface area (TPSA) is 145 Å². The number of hydrogen-bond donors (Lipinski definition) is 1. The Hall–Kier alpha value is -5.04. The molecular formula is C32H30ClN5O8. The van der Waals surface area contributed by atoms with E-state index < -0.39 is 40.3 Å². The highest BCUT2D eigenvalue weighted by Gasteiger charge is 2.63. The fraction of sp³-hybridized carbons (Fsp3) is 0.344. The van der Waals surface area contributed by atoms with Crippen LogP contribution in [-0.2, 0) is 33.0 Å². The molecule has 46 heavy (non-hydrogen) atoms. The van der Waals surface area contributed by atoms with Crippen LogP contribution in [0.25, 0.3) is 11.0 Å². The minimum absolute atomic E-state index is 0.0197. The molecule has 1 spiro atoms. The van der Waals surface area contributed by atoms with Gasteiger partial charge in [-0.25, -0.2) is 9.59 Å². The van der Waals surface area contributed by atoms with Gasteiger partial charge in [0, 0.05) is 57.4 Å². The smallest absolute Gasteiger partial charge is 0.332 e. The Labute approximate surface area is 266 Å². The monoisotopic (exact) mass is 647 g/mol. The Morgan fingerprint density at radius 1 is 0.870 bits per heavy atom. The number of ketones is 2. The molecule has 1 unspecified atom stereocenters. The number of allylic oxidation sites excluding steroid dienone is 1. The first-order chi connectivity index (χ1) is 21.8. The van der Waals surface area contributed by atoms with Crippen molar-refractivity contribution < 1.29 is 23.8 Å². The van der Waals surface area contributed by atoms with Crippen LogP contribution in [0, 0.1) is 5.92 Å². The number of Topliss-reactive ketones (excluding diaryl/α,β-unsaturated/α-hetero) is 2. The number of carbonyl (C=O) groups is 2. The molecule has 3 aliphatic rings. The summed E-state index contributed by atoms with van der Waals surface area (Å²) in [6.45, 7) is 1.73. The number of carbonyl (C=O) groups excluding carboxylic acids is 2. The molecule has 0 bridgehead atoms. The Balaban J connectivity index is 1.51. The van der Waals surface area contributed by atoms with Gasteiger partial charge in [0.15, 0.2) is 5.75 Å². The van der Waals surface area contributed by atoms with Gasteiger partial charge in [0.05, 0.1) is 30.8 Å². The standard InChI is InChI=1S/C32H30ClN5O8/c1-13-10-15-21(26(39)32(13)27(40)22-18(44-6)12-19(45-7)24(33)25(22)46-32)20(23-28(34-15)37(4)31(43)38(5)29(23)41)14-8-9-16-17(11-14)36(3)30(42)35(16)2/h8-9,11-13,20,34H,10H2,1-7H3/t13-,20?,32+/m1/s1. The highest BCUT2D eigenvalue weighted by molar-refractivity contribution is 6.36. The van der Waals surface area contributed by atoms with Crippen molar-refractivity contribution in [1.82, 2.24) is 18.3 Å².